The first-order valence-electron chi connectivity index (χ1n) is 8.88. The third-order valence-corrected chi connectivity index (χ3v) is 6.26. The van der Waals surface area contributed by atoms with Crippen LogP contribution in [0.25, 0.3) is 0 Å². The van der Waals surface area contributed by atoms with Crippen LogP contribution < -0.4 is 10.6 Å². The van der Waals surface area contributed by atoms with Crippen molar-refractivity contribution in [3.05, 3.63) is 5.82 Å². The maximum absolute atomic E-state index is 12.5. The monoisotopic (exact) mass is 347 g/mol. The summed E-state index contributed by atoms with van der Waals surface area (Å²) in [5.74, 6) is 1.88. The number of methoxy groups -OCH3 is 1. The molecule has 8 nitrogen and oxygen atoms in total. The normalized spacial score (nSPS) is 35.5. The summed E-state index contributed by atoms with van der Waals surface area (Å²) in [6.45, 7) is 1.83. The number of anilines is 1. The average Bonchev–Trinajstić information content (AvgIpc) is 2.82. The van der Waals surface area contributed by atoms with Gasteiger partial charge < -0.3 is 10.1 Å². The van der Waals surface area contributed by atoms with Gasteiger partial charge >= 0.3 is 12.0 Å². The molecule has 0 aromatic carbocycles. The lowest BCUT2D eigenvalue weighted by molar-refractivity contribution is -0.171. The molecule has 4 aliphatic rings. The van der Waals surface area contributed by atoms with Crippen molar-refractivity contribution in [1.29, 1.82) is 0 Å². The Morgan fingerprint density at radius 3 is 2.48 bits per heavy atom. The van der Waals surface area contributed by atoms with Crippen molar-refractivity contribution in [1.82, 2.24) is 20.1 Å². The van der Waals surface area contributed by atoms with Gasteiger partial charge in [-0.15, -0.1) is 5.10 Å². The van der Waals surface area contributed by atoms with Gasteiger partial charge in [0.2, 0.25) is 5.95 Å². The quantitative estimate of drug-likeness (QED) is 0.812. The van der Waals surface area contributed by atoms with E-state index in [1.165, 1.54) is 7.11 Å². The van der Waals surface area contributed by atoms with Gasteiger partial charge in [0, 0.05) is 12.6 Å². The first kappa shape index (κ1) is 16.4. The van der Waals surface area contributed by atoms with E-state index >= 15 is 0 Å². The summed E-state index contributed by atoms with van der Waals surface area (Å²) in [5, 5.41) is 10.0. The highest BCUT2D eigenvalue weighted by atomic mass is 16.5. The molecule has 2 N–H and O–H groups in total. The molecule has 0 saturated heterocycles. The van der Waals surface area contributed by atoms with Gasteiger partial charge in [0.25, 0.3) is 0 Å². The number of ether oxygens (including phenoxy) is 1. The summed E-state index contributed by atoms with van der Waals surface area (Å²) in [7, 11) is 3.24. The molecule has 5 rings (SSSR count). The Balaban J connectivity index is 1.51. The molecule has 25 heavy (non-hydrogen) atoms. The molecule has 4 aliphatic carbocycles. The summed E-state index contributed by atoms with van der Waals surface area (Å²) in [4.78, 5) is 29.2. The molecule has 1 heterocycles. The molecule has 8 heteroatoms. The number of hydrogen-bond donors (Lipinski definition) is 2. The molecule has 4 fully saturated rings. The Bertz CT molecular complexity index is 694. The highest BCUT2D eigenvalue weighted by molar-refractivity contribution is 5.88. The van der Waals surface area contributed by atoms with Crippen LogP contribution in [-0.4, -0.2) is 39.4 Å². The summed E-state index contributed by atoms with van der Waals surface area (Å²) < 4.78 is 6.72. The van der Waals surface area contributed by atoms with Gasteiger partial charge in [-0.25, -0.2) is 4.79 Å². The van der Waals surface area contributed by atoms with Crippen molar-refractivity contribution in [3.8, 4) is 0 Å². The van der Waals surface area contributed by atoms with Crippen molar-refractivity contribution in [2.45, 2.75) is 51.0 Å². The maximum Gasteiger partial charge on any atom is 0.322 e. The molecule has 2 atom stereocenters. The summed E-state index contributed by atoms with van der Waals surface area (Å²) in [6, 6.07) is -0.299. The van der Waals surface area contributed by atoms with Crippen LogP contribution in [-0.2, 0) is 16.6 Å². The van der Waals surface area contributed by atoms with Gasteiger partial charge in [0.1, 0.15) is 5.82 Å². The smallest absolute Gasteiger partial charge is 0.322 e. The van der Waals surface area contributed by atoms with Crippen molar-refractivity contribution in [2.24, 2.45) is 24.3 Å². The van der Waals surface area contributed by atoms with Crippen LogP contribution >= 0.6 is 0 Å². The fourth-order valence-electron chi connectivity index (χ4n) is 5.75. The second-order valence-electron chi connectivity index (χ2n) is 8.20. The third kappa shape index (κ3) is 2.67. The van der Waals surface area contributed by atoms with Crippen molar-refractivity contribution in [3.63, 3.8) is 0 Å². The lowest BCUT2D eigenvalue weighted by atomic mass is 9.47. The van der Waals surface area contributed by atoms with Gasteiger partial charge in [-0.1, -0.05) is 0 Å². The lowest BCUT2D eigenvalue weighted by Crippen LogP contribution is -2.65. The zero-order valence-corrected chi connectivity index (χ0v) is 15.0. The number of amides is 2. The molecule has 0 aliphatic heterocycles. The first-order valence-corrected chi connectivity index (χ1v) is 8.88. The summed E-state index contributed by atoms with van der Waals surface area (Å²) in [5.41, 5.74) is -0.752. The van der Waals surface area contributed by atoms with E-state index in [2.05, 4.69) is 20.7 Å². The van der Waals surface area contributed by atoms with E-state index < -0.39 is 5.41 Å². The van der Waals surface area contributed by atoms with Crippen LogP contribution in [0.2, 0.25) is 0 Å². The minimum Gasteiger partial charge on any atom is -0.469 e. The van der Waals surface area contributed by atoms with Gasteiger partial charge in [0.15, 0.2) is 0 Å². The third-order valence-electron chi connectivity index (χ3n) is 6.26. The van der Waals surface area contributed by atoms with Crippen LogP contribution in [0.4, 0.5) is 10.7 Å². The largest absolute Gasteiger partial charge is 0.469 e. The van der Waals surface area contributed by atoms with Crippen LogP contribution in [0, 0.1) is 24.2 Å². The summed E-state index contributed by atoms with van der Waals surface area (Å²) >= 11 is 0. The number of rotatable bonds is 3. The van der Waals surface area contributed by atoms with Crippen LogP contribution in [0.15, 0.2) is 0 Å². The first-order chi connectivity index (χ1) is 11.8. The molecule has 0 spiro atoms. The molecule has 0 radical (unpaired) electrons. The zero-order chi connectivity index (χ0) is 17.8. The minimum atomic E-state index is -0.425. The predicted molar refractivity (Wildman–Crippen MR) is 89.8 cm³/mol. The number of urea groups is 1. The van der Waals surface area contributed by atoms with E-state index in [1.54, 1.807) is 11.7 Å². The van der Waals surface area contributed by atoms with E-state index in [9.17, 15) is 9.59 Å². The van der Waals surface area contributed by atoms with Crippen LogP contribution in [0.5, 0.6) is 0 Å². The highest BCUT2D eigenvalue weighted by Crippen LogP contribution is 2.61. The highest BCUT2D eigenvalue weighted by Gasteiger charge is 2.61. The Kier molecular flexibility index (Phi) is 3.56. The number of aromatic nitrogens is 3. The minimum absolute atomic E-state index is 0.116. The second-order valence-corrected chi connectivity index (χ2v) is 8.20. The maximum atomic E-state index is 12.5. The van der Waals surface area contributed by atoms with Gasteiger partial charge in [-0.3, -0.25) is 14.8 Å². The Morgan fingerprint density at radius 2 is 1.92 bits per heavy atom. The molecule has 136 valence electrons. The van der Waals surface area contributed by atoms with E-state index in [0.29, 0.717) is 24.2 Å². The Morgan fingerprint density at radius 1 is 1.24 bits per heavy atom. The Labute approximate surface area is 146 Å². The standard InChI is InChI=1S/C17H25N5O3/c1-10-18-14(21-22(10)2)19-15(24)20-17-7-11-4-12(8-17)6-16(5-11,9-17)13(23)25-3/h11-12H,4-9H2,1-3H3,(H2,19,20,21,24). The molecule has 2 amide bonds. The number of carbonyl (C=O) groups is 2. The number of nitrogens with one attached hydrogen (secondary N) is 2. The van der Waals surface area contributed by atoms with E-state index in [-0.39, 0.29) is 17.5 Å². The Hall–Kier alpha value is -2.12. The van der Waals surface area contributed by atoms with E-state index in [0.717, 1.165) is 37.9 Å². The molecule has 2 unspecified atom stereocenters. The molecular formula is C17H25N5O3. The van der Waals surface area contributed by atoms with Crippen molar-refractivity contribution < 1.29 is 14.3 Å². The average molecular weight is 347 g/mol. The topological polar surface area (TPSA) is 98.1 Å². The second kappa shape index (κ2) is 5.44. The fourth-order valence-corrected chi connectivity index (χ4v) is 5.75. The number of nitrogens with zero attached hydrogens (tertiary/aromatic N) is 3. The van der Waals surface area contributed by atoms with Gasteiger partial charge in [-0.05, 0) is 57.3 Å². The fraction of sp³-hybridized carbons (Fsp3) is 0.765. The van der Waals surface area contributed by atoms with Crippen molar-refractivity contribution in [2.75, 3.05) is 12.4 Å². The number of hydrogen-bond acceptors (Lipinski definition) is 5. The van der Waals surface area contributed by atoms with E-state index in [1.807, 2.05) is 6.92 Å². The zero-order valence-electron chi connectivity index (χ0n) is 15.0. The van der Waals surface area contributed by atoms with Crippen LogP contribution in [0.1, 0.15) is 44.3 Å². The number of esters is 1. The van der Waals surface area contributed by atoms with Crippen LogP contribution in [0.3, 0.4) is 0 Å². The molecule has 4 bridgehead atoms. The molecule has 4 saturated carbocycles. The van der Waals surface area contributed by atoms with Gasteiger partial charge in [0.05, 0.1) is 12.5 Å². The molecule has 1 aromatic heterocycles. The predicted octanol–water partition coefficient (Wildman–Crippen LogP) is 1.76. The van der Waals surface area contributed by atoms with Crippen molar-refractivity contribution >= 4 is 17.9 Å². The van der Waals surface area contributed by atoms with E-state index in [4.69, 9.17) is 4.74 Å². The number of aryl methyl sites for hydroxylation is 2. The molecular weight excluding hydrogens is 322 g/mol. The SMILES string of the molecule is COC(=O)C12CC3CC(CC(NC(=O)Nc4nc(C)n(C)n4)(C3)C1)C2. The van der Waals surface area contributed by atoms with Gasteiger partial charge in [-0.2, -0.15) is 4.98 Å². The summed E-state index contributed by atoms with van der Waals surface area (Å²) in [6.07, 6.45) is 5.48. The molecule has 1 aromatic rings. The number of carbonyl (C=O) groups excluding carboxylic acids is 2. The lowest BCUT2D eigenvalue weighted by Gasteiger charge is -2.60.